The molecule has 1 aromatic heterocycles. The Morgan fingerprint density at radius 2 is 2.14 bits per heavy atom. The van der Waals surface area contributed by atoms with Crippen LogP contribution in [-0.2, 0) is 7.05 Å². The van der Waals surface area contributed by atoms with E-state index in [9.17, 15) is 9.18 Å². The van der Waals surface area contributed by atoms with Crippen LogP contribution in [0.5, 0.6) is 0 Å². The molecule has 0 spiro atoms. The first-order valence-corrected chi connectivity index (χ1v) is 4.34. The number of halogens is 1. The smallest absolute Gasteiger partial charge is 0.152 e. The number of aryl methyl sites for hydroxylation is 2. The predicted molar refractivity (Wildman–Crippen MR) is 53.0 cm³/mol. The van der Waals surface area contributed by atoms with Crippen molar-refractivity contribution in [3.8, 4) is 0 Å². The van der Waals surface area contributed by atoms with Crippen molar-refractivity contribution in [3.63, 3.8) is 0 Å². The van der Waals surface area contributed by atoms with Crippen LogP contribution in [0.25, 0.3) is 10.9 Å². The summed E-state index contributed by atoms with van der Waals surface area (Å²) in [6, 6.07) is 3.29. The van der Waals surface area contributed by atoms with Gasteiger partial charge in [0.1, 0.15) is 5.82 Å². The molecule has 0 bridgehead atoms. The van der Waals surface area contributed by atoms with E-state index < -0.39 is 0 Å². The Morgan fingerprint density at radius 3 is 2.79 bits per heavy atom. The van der Waals surface area contributed by atoms with Gasteiger partial charge in [0.05, 0.1) is 5.52 Å². The van der Waals surface area contributed by atoms with Gasteiger partial charge in [-0.05, 0) is 24.6 Å². The summed E-state index contributed by atoms with van der Waals surface area (Å²) in [6.07, 6.45) is 2.39. The predicted octanol–water partition coefficient (Wildman–Crippen LogP) is 2.44. The monoisotopic (exact) mass is 191 g/mol. The fourth-order valence-electron chi connectivity index (χ4n) is 1.75. The second kappa shape index (κ2) is 2.94. The Kier molecular flexibility index (Phi) is 1.88. The molecule has 14 heavy (non-hydrogen) atoms. The quantitative estimate of drug-likeness (QED) is 0.634. The van der Waals surface area contributed by atoms with Crippen molar-refractivity contribution in [2.45, 2.75) is 6.92 Å². The molecule has 72 valence electrons. The van der Waals surface area contributed by atoms with Crippen LogP contribution >= 0.6 is 0 Å². The molecule has 0 N–H and O–H groups in total. The highest BCUT2D eigenvalue weighted by Crippen LogP contribution is 2.23. The average Bonchev–Trinajstić information content (AvgIpc) is 2.42. The SMILES string of the molecule is Cc1cc(F)c2c(c1)c(C=O)cn2C. The normalized spacial score (nSPS) is 10.8. The van der Waals surface area contributed by atoms with Crippen molar-refractivity contribution in [2.24, 2.45) is 7.05 Å². The molecule has 1 heterocycles. The first kappa shape index (κ1) is 8.94. The number of fused-ring (bicyclic) bond motifs is 1. The van der Waals surface area contributed by atoms with Crippen molar-refractivity contribution in [3.05, 3.63) is 35.3 Å². The van der Waals surface area contributed by atoms with E-state index in [4.69, 9.17) is 0 Å². The number of hydrogen-bond acceptors (Lipinski definition) is 1. The van der Waals surface area contributed by atoms with Crippen molar-refractivity contribution in [2.75, 3.05) is 0 Å². The molecule has 2 rings (SSSR count). The van der Waals surface area contributed by atoms with Gasteiger partial charge in [-0.3, -0.25) is 4.79 Å². The van der Waals surface area contributed by atoms with Crippen LogP contribution in [0, 0.1) is 12.7 Å². The van der Waals surface area contributed by atoms with Gasteiger partial charge in [0.25, 0.3) is 0 Å². The van der Waals surface area contributed by atoms with Crippen LogP contribution in [0.2, 0.25) is 0 Å². The molecule has 0 aliphatic rings. The molecule has 0 fully saturated rings. The fraction of sp³-hybridized carbons (Fsp3) is 0.182. The Hall–Kier alpha value is -1.64. The van der Waals surface area contributed by atoms with Gasteiger partial charge in [-0.1, -0.05) is 0 Å². The van der Waals surface area contributed by atoms with Crippen molar-refractivity contribution < 1.29 is 9.18 Å². The summed E-state index contributed by atoms with van der Waals surface area (Å²) in [5, 5.41) is 0.681. The highest BCUT2D eigenvalue weighted by Gasteiger charge is 2.10. The number of hydrogen-bond donors (Lipinski definition) is 0. The number of nitrogens with zero attached hydrogens (tertiary/aromatic N) is 1. The number of rotatable bonds is 1. The van der Waals surface area contributed by atoms with Crippen molar-refractivity contribution in [1.82, 2.24) is 4.57 Å². The van der Waals surface area contributed by atoms with Crippen LogP contribution < -0.4 is 0 Å². The fourth-order valence-corrected chi connectivity index (χ4v) is 1.75. The van der Waals surface area contributed by atoms with E-state index in [-0.39, 0.29) is 5.82 Å². The summed E-state index contributed by atoms with van der Waals surface area (Å²) >= 11 is 0. The molecule has 0 saturated carbocycles. The second-order valence-corrected chi connectivity index (χ2v) is 3.46. The lowest BCUT2D eigenvalue weighted by Gasteiger charge is -1.99. The third kappa shape index (κ3) is 1.13. The van der Waals surface area contributed by atoms with Crippen molar-refractivity contribution >= 4 is 17.2 Å². The summed E-state index contributed by atoms with van der Waals surface area (Å²) in [5.74, 6) is -0.282. The lowest BCUT2D eigenvalue weighted by atomic mass is 10.1. The van der Waals surface area contributed by atoms with E-state index in [0.717, 1.165) is 11.8 Å². The highest BCUT2D eigenvalue weighted by atomic mass is 19.1. The average molecular weight is 191 g/mol. The first-order valence-electron chi connectivity index (χ1n) is 4.34. The van der Waals surface area contributed by atoms with Crippen LogP contribution in [0.1, 0.15) is 15.9 Å². The van der Waals surface area contributed by atoms with Gasteiger partial charge in [0.2, 0.25) is 0 Å². The Labute approximate surface area is 81.0 Å². The molecule has 3 heteroatoms. The number of aldehydes is 1. The lowest BCUT2D eigenvalue weighted by Crippen LogP contribution is -1.88. The number of aromatic nitrogens is 1. The molecule has 0 aliphatic heterocycles. The van der Waals surface area contributed by atoms with Gasteiger partial charge in [-0.15, -0.1) is 0 Å². The molecule has 0 aliphatic carbocycles. The van der Waals surface area contributed by atoms with Crippen LogP contribution in [0.15, 0.2) is 18.3 Å². The molecule has 0 saturated heterocycles. The summed E-state index contributed by atoms with van der Waals surface area (Å²) in [7, 11) is 1.73. The molecule has 1 aromatic carbocycles. The lowest BCUT2D eigenvalue weighted by molar-refractivity contribution is 0.112. The molecular weight excluding hydrogens is 181 g/mol. The van der Waals surface area contributed by atoms with Crippen LogP contribution in [-0.4, -0.2) is 10.9 Å². The van der Waals surface area contributed by atoms with E-state index in [1.807, 2.05) is 13.0 Å². The summed E-state index contributed by atoms with van der Waals surface area (Å²) < 4.78 is 15.2. The summed E-state index contributed by atoms with van der Waals surface area (Å²) in [4.78, 5) is 10.7. The molecule has 2 aromatic rings. The van der Waals surface area contributed by atoms with Gasteiger partial charge in [0, 0.05) is 24.2 Å². The zero-order valence-corrected chi connectivity index (χ0v) is 8.04. The number of carbonyl (C=O) groups is 1. The minimum absolute atomic E-state index is 0.282. The third-order valence-electron chi connectivity index (χ3n) is 2.33. The second-order valence-electron chi connectivity index (χ2n) is 3.46. The van der Waals surface area contributed by atoms with E-state index in [1.165, 1.54) is 6.07 Å². The van der Waals surface area contributed by atoms with Gasteiger partial charge >= 0.3 is 0 Å². The largest absolute Gasteiger partial charge is 0.347 e. The topological polar surface area (TPSA) is 22.0 Å². The molecule has 0 amide bonds. The van der Waals surface area contributed by atoms with E-state index in [2.05, 4.69) is 0 Å². The van der Waals surface area contributed by atoms with Gasteiger partial charge in [0.15, 0.2) is 6.29 Å². The van der Waals surface area contributed by atoms with Crippen LogP contribution in [0.3, 0.4) is 0 Å². The Balaban J connectivity index is 2.96. The van der Waals surface area contributed by atoms with E-state index >= 15 is 0 Å². The number of carbonyl (C=O) groups excluding carboxylic acids is 1. The maximum absolute atomic E-state index is 13.5. The van der Waals surface area contributed by atoms with E-state index in [0.29, 0.717) is 16.5 Å². The Morgan fingerprint density at radius 1 is 1.43 bits per heavy atom. The minimum atomic E-state index is -0.282. The van der Waals surface area contributed by atoms with Gasteiger partial charge in [-0.2, -0.15) is 0 Å². The molecule has 2 nitrogen and oxygen atoms in total. The van der Waals surface area contributed by atoms with E-state index in [1.54, 1.807) is 17.8 Å². The standard InChI is InChI=1S/C11H10FNO/c1-7-3-9-8(6-14)5-13(2)11(9)10(12)4-7/h3-6H,1-2H3. The van der Waals surface area contributed by atoms with Gasteiger partial charge < -0.3 is 4.57 Å². The van der Waals surface area contributed by atoms with Crippen molar-refractivity contribution in [1.29, 1.82) is 0 Å². The summed E-state index contributed by atoms with van der Waals surface area (Å²) in [6.45, 7) is 1.81. The maximum Gasteiger partial charge on any atom is 0.152 e. The van der Waals surface area contributed by atoms with Crippen LogP contribution in [0.4, 0.5) is 4.39 Å². The zero-order valence-electron chi connectivity index (χ0n) is 8.04. The molecular formula is C11H10FNO. The first-order chi connectivity index (χ1) is 6.63. The molecule has 0 radical (unpaired) electrons. The molecule has 0 atom stereocenters. The third-order valence-corrected chi connectivity index (χ3v) is 2.33. The summed E-state index contributed by atoms with van der Waals surface area (Å²) in [5.41, 5.74) is 1.84. The Bertz CT molecular complexity index is 513. The highest BCUT2D eigenvalue weighted by molar-refractivity contribution is 5.98. The molecule has 0 unspecified atom stereocenters. The zero-order chi connectivity index (χ0) is 10.3. The minimum Gasteiger partial charge on any atom is -0.347 e. The number of benzene rings is 1. The van der Waals surface area contributed by atoms with Gasteiger partial charge in [-0.25, -0.2) is 4.39 Å². The maximum atomic E-state index is 13.5.